The van der Waals surface area contributed by atoms with Crippen molar-refractivity contribution in [2.24, 2.45) is 0 Å². The summed E-state index contributed by atoms with van der Waals surface area (Å²) in [6.07, 6.45) is 0. The van der Waals surface area contributed by atoms with Crippen molar-refractivity contribution in [2.75, 3.05) is 10.6 Å². The number of nitrogens with zero attached hydrogens (tertiary/aromatic N) is 1. The number of carbonyl (C=O) groups is 2. The van der Waals surface area contributed by atoms with Crippen molar-refractivity contribution in [1.29, 1.82) is 0 Å². The van der Waals surface area contributed by atoms with E-state index in [1.54, 1.807) is 0 Å². The molecule has 0 atom stereocenters. The summed E-state index contributed by atoms with van der Waals surface area (Å²) in [7, 11) is 0. The number of benzene rings is 2. The molecule has 0 aliphatic heterocycles. The Labute approximate surface area is 164 Å². The molecule has 0 bridgehead atoms. The number of hydrogen-bond donors (Lipinski definition) is 2. The average molecular weight is 399 g/mol. The third kappa shape index (κ3) is 4.26. The summed E-state index contributed by atoms with van der Waals surface area (Å²) in [5, 5.41) is 4.86. The molecule has 1 aromatic heterocycles. The Bertz CT molecular complexity index is 1100. The summed E-state index contributed by atoms with van der Waals surface area (Å²) in [5.41, 5.74) is 1.59. The number of pyridine rings is 1. The van der Waals surface area contributed by atoms with Crippen LogP contribution < -0.4 is 10.6 Å². The smallest absolute Gasteiger partial charge is 0.274 e. The first-order valence-electron chi connectivity index (χ1n) is 8.57. The SMILES string of the molecule is Cc1cccc(C)c1NC(=O)c1cccc(C(=O)Nc2ccc(F)c(F)c2F)n1. The fourth-order valence-corrected chi connectivity index (χ4v) is 2.69. The topological polar surface area (TPSA) is 71.1 Å². The molecule has 3 rings (SSSR count). The lowest BCUT2D eigenvalue weighted by Crippen LogP contribution is -2.19. The molecule has 0 aliphatic rings. The summed E-state index contributed by atoms with van der Waals surface area (Å²) in [5.74, 6) is -6.00. The molecule has 3 aromatic rings. The van der Waals surface area contributed by atoms with Gasteiger partial charge < -0.3 is 10.6 Å². The van der Waals surface area contributed by atoms with Crippen LogP contribution in [0.1, 0.15) is 32.1 Å². The Morgan fingerprint density at radius 3 is 1.93 bits per heavy atom. The fraction of sp³-hybridized carbons (Fsp3) is 0.0952. The summed E-state index contributed by atoms with van der Waals surface area (Å²) in [6, 6.07) is 11.3. The Morgan fingerprint density at radius 2 is 1.31 bits per heavy atom. The number of aromatic nitrogens is 1. The molecule has 0 unspecified atom stereocenters. The van der Waals surface area contributed by atoms with Crippen molar-refractivity contribution in [2.45, 2.75) is 13.8 Å². The number of para-hydroxylation sites is 1. The monoisotopic (exact) mass is 399 g/mol. The van der Waals surface area contributed by atoms with Crippen molar-refractivity contribution < 1.29 is 22.8 Å². The van der Waals surface area contributed by atoms with E-state index in [0.717, 1.165) is 17.2 Å². The van der Waals surface area contributed by atoms with Crippen molar-refractivity contribution in [3.8, 4) is 0 Å². The van der Waals surface area contributed by atoms with Crippen LogP contribution >= 0.6 is 0 Å². The quantitative estimate of drug-likeness (QED) is 0.629. The zero-order chi connectivity index (χ0) is 21.1. The van der Waals surface area contributed by atoms with Crippen LogP contribution in [0, 0.1) is 31.3 Å². The van der Waals surface area contributed by atoms with E-state index in [4.69, 9.17) is 0 Å². The van der Waals surface area contributed by atoms with Crippen molar-refractivity contribution in [3.63, 3.8) is 0 Å². The lowest BCUT2D eigenvalue weighted by atomic mass is 10.1. The summed E-state index contributed by atoms with van der Waals surface area (Å²) in [4.78, 5) is 28.8. The molecular weight excluding hydrogens is 383 g/mol. The number of halogens is 3. The molecule has 0 radical (unpaired) electrons. The van der Waals surface area contributed by atoms with E-state index in [9.17, 15) is 22.8 Å². The van der Waals surface area contributed by atoms with Crippen LogP contribution in [0.2, 0.25) is 0 Å². The van der Waals surface area contributed by atoms with E-state index < -0.39 is 35.0 Å². The van der Waals surface area contributed by atoms with Gasteiger partial charge in [0.2, 0.25) is 0 Å². The van der Waals surface area contributed by atoms with E-state index in [0.29, 0.717) is 11.8 Å². The number of rotatable bonds is 4. The van der Waals surface area contributed by atoms with Crippen LogP contribution in [0.4, 0.5) is 24.5 Å². The number of hydrogen-bond acceptors (Lipinski definition) is 3. The normalized spacial score (nSPS) is 10.5. The minimum absolute atomic E-state index is 0.0361. The second-order valence-corrected chi connectivity index (χ2v) is 6.31. The van der Waals surface area contributed by atoms with Gasteiger partial charge in [0.25, 0.3) is 11.8 Å². The molecule has 1 heterocycles. The van der Waals surface area contributed by atoms with E-state index >= 15 is 0 Å². The molecule has 2 aromatic carbocycles. The van der Waals surface area contributed by atoms with Gasteiger partial charge in [-0.3, -0.25) is 9.59 Å². The number of carbonyl (C=O) groups excluding carboxylic acids is 2. The maximum absolute atomic E-state index is 13.7. The van der Waals surface area contributed by atoms with E-state index in [1.807, 2.05) is 32.0 Å². The zero-order valence-corrected chi connectivity index (χ0v) is 15.5. The van der Waals surface area contributed by atoms with Gasteiger partial charge in [-0.05, 0) is 49.2 Å². The largest absolute Gasteiger partial charge is 0.320 e. The first-order valence-corrected chi connectivity index (χ1v) is 8.57. The van der Waals surface area contributed by atoms with Crippen LogP contribution in [0.25, 0.3) is 0 Å². The number of aryl methyl sites for hydroxylation is 2. The van der Waals surface area contributed by atoms with Crippen LogP contribution in [0.3, 0.4) is 0 Å². The number of anilines is 2. The van der Waals surface area contributed by atoms with E-state index in [1.165, 1.54) is 18.2 Å². The third-order valence-electron chi connectivity index (χ3n) is 4.22. The van der Waals surface area contributed by atoms with Crippen LogP contribution in [-0.2, 0) is 0 Å². The average Bonchev–Trinajstić information content (AvgIpc) is 2.71. The zero-order valence-electron chi connectivity index (χ0n) is 15.5. The van der Waals surface area contributed by atoms with E-state index in [-0.39, 0.29) is 11.4 Å². The number of nitrogens with one attached hydrogen (secondary N) is 2. The van der Waals surface area contributed by atoms with Gasteiger partial charge in [-0.15, -0.1) is 0 Å². The third-order valence-corrected chi connectivity index (χ3v) is 4.22. The molecule has 8 heteroatoms. The molecule has 0 fully saturated rings. The van der Waals surface area contributed by atoms with Crippen LogP contribution in [-0.4, -0.2) is 16.8 Å². The fourth-order valence-electron chi connectivity index (χ4n) is 2.69. The molecule has 0 aliphatic carbocycles. The molecule has 2 N–H and O–H groups in total. The molecule has 0 saturated heterocycles. The Morgan fingerprint density at radius 1 is 0.759 bits per heavy atom. The standard InChI is InChI=1S/C21H16F3N3O2/c1-11-5-3-6-12(2)19(11)27-21(29)16-8-4-7-15(25-16)20(28)26-14-10-9-13(22)17(23)18(14)24/h3-10H,1-2H3,(H,26,28)(H,27,29). The van der Waals surface area contributed by atoms with Crippen molar-refractivity contribution in [1.82, 2.24) is 4.98 Å². The molecule has 29 heavy (non-hydrogen) atoms. The van der Waals surface area contributed by atoms with Gasteiger partial charge in [-0.25, -0.2) is 18.2 Å². The highest BCUT2D eigenvalue weighted by atomic mass is 19.2. The van der Waals surface area contributed by atoms with Gasteiger partial charge in [0.1, 0.15) is 11.4 Å². The minimum Gasteiger partial charge on any atom is -0.320 e. The number of amides is 2. The van der Waals surface area contributed by atoms with Crippen molar-refractivity contribution >= 4 is 23.2 Å². The molecule has 5 nitrogen and oxygen atoms in total. The van der Waals surface area contributed by atoms with Gasteiger partial charge in [-0.1, -0.05) is 24.3 Å². The van der Waals surface area contributed by atoms with Gasteiger partial charge in [-0.2, -0.15) is 0 Å². The highest BCUT2D eigenvalue weighted by Crippen LogP contribution is 2.21. The van der Waals surface area contributed by atoms with Crippen LogP contribution in [0.5, 0.6) is 0 Å². The van der Waals surface area contributed by atoms with Gasteiger partial charge in [0, 0.05) is 5.69 Å². The first kappa shape index (κ1) is 20.1. The molecular formula is C21H16F3N3O2. The Hall–Kier alpha value is -3.68. The van der Waals surface area contributed by atoms with Gasteiger partial charge in [0.15, 0.2) is 17.5 Å². The predicted molar refractivity (Wildman–Crippen MR) is 102 cm³/mol. The van der Waals surface area contributed by atoms with Crippen LogP contribution in [0.15, 0.2) is 48.5 Å². The lowest BCUT2D eigenvalue weighted by molar-refractivity contribution is 0.101. The second kappa shape index (κ2) is 8.14. The minimum atomic E-state index is -1.70. The molecule has 148 valence electrons. The highest BCUT2D eigenvalue weighted by molar-refractivity contribution is 6.06. The molecule has 0 spiro atoms. The lowest BCUT2D eigenvalue weighted by Gasteiger charge is -2.11. The predicted octanol–water partition coefficient (Wildman–Crippen LogP) is 4.62. The van der Waals surface area contributed by atoms with E-state index in [2.05, 4.69) is 15.6 Å². The summed E-state index contributed by atoms with van der Waals surface area (Å²) in [6.45, 7) is 3.69. The first-order chi connectivity index (χ1) is 13.8. The second-order valence-electron chi connectivity index (χ2n) is 6.31. The summed E-state index contributed by atoms with van der Waals surface area (Å²) < 4.78 is 40.1. The Kier molecular flexibility index (Phi) is 5.63. The van der Waals surface area contributed by atoms with Gasteiger partial charge >= 0.3 is 0 Å². The highest BCUT2D eigenvalue weighted by Gasteiger charge is 2.18. The molecule has 2 amide bonds. The maximum Gasteiger partial charge on any atom is 0.274 e. The molecule has 0 saturated carbocycles. The van der Waals surface area contributed by atoms with Crippen molar-refractivity contribution in [3.05, 3.63) is 88.5 Å². The van der Waals surface area contributed by atoms with Gasteiger partial charge in [0.05, 0.1) is 5.69 Å². The Balaban J connectivity index is 1.81. The maximum atomic E-state index is 13.7. The summed E-state index contributed by atoms with van der Waals surface area (Å²) >= 11 is 0.